The molecule has 0 bridgehead atoms. The van der Waals surface area contributed by atoms with E-state index in [1.54, 1.807) is 23.2 Å². The molecule has 3 fully saturated rings. The van der Waals surface area contributed by atoms with E-state index in [-0.39, 0.29) is 23.8 Å². The highest BCUT2D eigenvalue weighted by Crippen LogP contribution is 2.59. The Morgan fingerprint density at radius 3 is 2.53 bits per heavy atom. The minimum Gasteiger partial charge on any atom is -0.334 e. The zero-order valence-corrected chi connectivity index (χ0v) is 16.8. The molecule has 1 saturated carbocycles. The van der Waals surface area contributed by atoms with E-state index in [0.717, 1.165) is 24.0 Å². The van der Waals surface area contributed by atoms with Gasteiger partial charge in [0.15, 0.2) is 0 Å². The van der Waals surface area contributed by atoms with Crippen molar-refractivity contribution in [1.82, 2.24) is 20.1 Å². The fraction of sp³-hybridized carbons (Fsp3) is 0.435. The van der Waals surface area contributed by atoms with Crippen LogP contribution in [0.2, 0.25) is 0 Å². The molecule has 3 aliphatic rings. The van der Waals surface area contributed by atoms with Gasteiger partial charge in [-0.15, -0.1) is 0 Å². The number of carbonyl (C=O) groups is 2. The van der Waals surface area contributed by atoms with Crippen LogP contribution in [0, 0.1) is 11.2 Å². The van der Waals surface area contributed by atoms with E-state index in [0.29, 0.717) is 38.5 Å². The van der Waals surface area contributed by atoms with Crippen LogP contribution in [0.4, 0.5) is 9.18 Å². The third kappa shape index (κ3) is 3.22. The van der Waals surface area contributed by atoms with Crippen LogP contribution in [0.25, 0.3) is 0 Å². The van der Waals surface area contributed by atoms with Crippen molar-refractivity contribution in [2.75, 3.05) is 13.1 Å². The molecule has 156 valence electrons. The Labute approximate surface area is 175 Å². The lowest BCUT2D eigenvalue weighted by Gasteiger charge is -2.59. The summed E-state index contributed by atoms with van der Waals surface area (Å²) < 4.78 is 13.0. The number of carbonyl (C=O) groups excluding carboxylic acids is 2. The van der Waals surface area contributed by atoms with Gasteiger partial charge in [-0.05, 0) is 55.0 Å². The van der Waals surface area contributed by atoms with Gasteiger partial charge in [0, 0.05) is 38.1 Å². The molecule has 2 aliphatic heterocycles. The summed E-state index contributed by atoms with van der Waals surface area (Å²) in [5.41, 5.74) is 1.53. The van der Waals surface area contributed by atoms with Gasteiger partial charge in [0.2, 0.25) is 5.91 Å². The van der Waals surface area contributed by atoms with Gasteiger partial charge in [0.25, 0.3) is 0 Å². The first-order valence-corrected chi connectivity index (χ1v) is 10.6. The number of β-lactam (4-membered cyclic amide) rings is 1. The number of benzene rings is 1. The topological polar surface area (TPSA) is 65.5 Å². The summed E-state index contributed by atoms with van der Waals surface area (Å²) in [4.78, 5) is 33.9. The normalized spacial score (nSPS) is 22.7. The molecule has 1 unspecified atom stereocenters. The van der Waals surface area contributed by atoms with Crippen LogP contribution >= 0.6 is 0 Å². The number of amides is 3. The largest absolute Gasteiger partial charge is 0.334 e. The molecule has 5 rings (SSSR count). The predicted molar refractivity (Wildman–Crippen MR) is 109 cm³/mol. The lowest BCUT2D eigenvalue weighted by Crippen LogP contribution is -2.67. The van der Waals surface area contributed by atoms with Gasteiger partial charge in [-0.1, -0.05) is 18.2 Å². The van der Waals surface area contributed by atoms with Crippen LogP contribution in [-0.2, 0) is 11.3 Å². The number of aromatic nitrogens is 1. The Morgan fingerprint density at radius 2 is 1.90 bits per heavy atom. The Morgan fingerprint density at radius 1 is 1.17 bits per heavy atom. The quantitative estimate of drug-likeness (QED) is 0.790. The monoisotopic (exact) mass is 408 g/mol. The minimum absolute atomic E-state index is 0.0654. The van der Waals surface area contributed by atoms with Crippen molar-refractivity contribution in [3.05, 3.63) is 65.7 Å². The molecule has 1 aromatic heterocycles. The second kappa shape index (κ2) is 7.38. The third-order valence-corrected chi connectivity index (χ3v) is 6.70. The summed E-state index contributed by atoms with van der Waals surface area (Å²) in [5.74, 6) is -0.0507. The first-order valence-electron chi connectivity index (χ1n) is 10.6. The Bertz CT molecular complexity index is 937. The molecule has 1 spiro atoms. The van der Waals surface area contributed by atoms with E-state index in [2.05, 4.69) is 21.3 Å². The third-order valence-electron chi connectivity index (χ3n) is 6.70. The second-order valence-corrected chi connectivity index (χ2v) is 8.56. The number of piperidine rings is 1. The average Bonchev–Trinajstić information content (AvgIpc) is 3.62. The molecule has 2 aromatic rings. The van der Waals surface area contributed by atoms with Crippen LogP contribution in [0.1, 0.15) is 42.9 Å². The van der Waals surface area contributed by atoms with Crippen molar-refractivity contribution in [3.63, 3.8) is 0 Å². The highest BCUT2D eigenvalue weighted by atomic mass is 19.1. The van der Waals surface area contributed by atoms with Crippen molar-refractivity contribution in [2.45, 2.75) is 44.3 Å². The summed E-state index contributed by atoms with van der Waals surface area (Å²) in [6.07, 6.45) is 7.12. The van der Waals surface area contributed by atoms with Gasteiger partial charge in [0.1, 0.15) is 5.82 Å². The summed E-state index contributed by atoms with van der Waals surface area (Å²) in [6, 6.07) is 10.4. The van der Waals surface area contributed by atoms with Crippen molar-refractivity contribution in [2.24, 2.45) is 5.41 Å². The SMILES string of the molecule is O=C(NCc1ccc(F)cc1)N1CCC2(CC1)C(=O)N(C1CC1)C2c1cccnc1. The predicted octanol–water partition coefficient (Wildman–Crippen LogP) is 3.26. The molecule has 0 radical (unpaired) electrons. The minimum atomic E-state index is -0.417. The van der Waals surface area contributed by atoms with E-state index in [1.165, 1.54) is 12.1 Å². The molecule has 6 nitrogen and oxygen atoms in total. The van der Waals surface area contributed by atoms with Crippen LogP contribution in [0.5, 0.6) is 0 Å². The summed E-state index contributed by atoms with van der Waals surface area (Å²) in [7, 11) is 0. The van der Waals surface area contributed by atoms with Crippen molar-refractivity contribution in [1.29, 1.82) is 0 Å². The number of nitrogens with zero attached hydrogens (tertiary/aromatic N) is 3. The van der Waals surface area contributed by atoms with Crippen molar-refractivity contribution < 1.29 is 14.0 Å². The number of hydrogen-bond acceptors (Lipinski definition) is 3. The first-order chi connectivity index (χ1) is 14.6. The van der Waals surface area contributed by atoms with Crippen LogP contribution in [-0.4, -0.2) is 45.9 Å². The van der Waals surface area contributed by atoms with E-state index < -0.39 is 5.41 Å². The van der Waals surface area contributed by atoms with Crippen molar-refractivity contribution in [3.8, 4) is 0 Å². The lowest BCUT2D eigenvalue weighted by molar-refractivity contribution is -0.181. The van der Waals surface area contributed by atoms with Gasteiger partial charge >= 0.3 is 6.03 Å². The Balaban J connectivity index is 1.24. The van der Waals surface area contributed by atoms with E-state index in [1.807, 2.05) is 12.3 Å². The molecule has 1 aromatic carbocycles. The smallest absolute Gasteiger partial charge is 0.317 e. The molecule has 1 N–H and O–H groups in total. The van der Waals surface area contributed by atoms with E-state index in [4.69, 9.17) is 0 Å². The van der Waals surface area contributed by atoms with E-state index >= 15 is 0 Å². The fourth-order valence-corrected chi connectivity index (χ4v) is 4.93. The highest BCUT2D eigenvalue weighted by Gasteiger charge is 2.64. The molecular formula is C23H25FN4O2. The maximum atomic E-state index is 13.2. The Hall–Kier alpha value is -2.96. The van der Waals surface area contributed by atoms with Crippen molar-refractivity contribution >= 4 is 11.9 Å². The Kier molecular flexibility index (Phi) is 4.68. The number of likely N-dealkylation sites (tertiary alicyclic amines) is 2. The molecule has 3 amide bonds. The molecule has 1 atom stereocenters. The van der Waals surface area contributed by atoms with Gasteiger partial charge in [-0.2, -0.15) is 0 Å². The molecule has 30 heavy (non-hydrogen) atoms. The number of pyridine rings is 1. The van der Waals surface area contributed by atoms with Crippen LogP contribution in [0.15, 0.2) is 48.8 Å². The van der Waals surface area contributed by atoms with Gasteiger partial charge in [0.05, 0.1) is 11.5 Å². The van der Waals surface area contributed by atoms with Gasteiger partial charge in [-0.3, -0.25) is 9.78 Å². The number of halogens is 1. The summed E-state index contributed by atoms with van der Waals surface area (Å²) in [6.45, 7) is 1.46. The fourth-order valence-electron chi connectivity index (χ4n) is 4.93. The second-order valence-electron chi connectivity index (χ2n) is 8.56. The first kappa shape index (κ1) is 19.0. The molecule has 1 aliphatic carbocycles. The van der Waals surface area contributed by atoms with Gasteiger partial charge in [-0.25, -0.2) is 9.18 Å². The highest BCUT2D eigenvalue weighted by molar-refractivity contribution is 5.91. The van der Waals surface area contributed by atoms with E-state index in [9.17, 15) is 14.0 Å². The number of hydrogen-bond donors (Lipinski definition) is 1. The lowest BCUT2D eigenvalue weighted by atomic mass is 9.62. The van der Waals surface area contributed by atoms with Crippen LogP contribution < -0.4 is 5.32 Å². The maximum Gasteiger partial charge on any atom is 0.317 e. The molecule has 2 saturated heterocycles. The molecular weight excluding hydrogens is 383 g/mol. The standard InChI is InChI=1S/C23H25FN4O2/c24-18-5-3-16(4-6-18)14-26-22(30)27-12-9-23(10-13-27)20(17-2-1-11-25-15-17)28(21(23)29)19-7-8-19/h1-6,11,15,19-20H,7-10,12-14H2,(H,26,30). The van der Waals surface area contributed by atoms with Gasteiger partial charge < -0.3 is 15.1 Å². The molecule has 3 heterocycles. The van der Waals surface area contributed by atoms with Crippen LogP contribution in [0.3, 0.4) is 0 Å². The summed E-state index contributed by atoms with van der Waals surface area (Å²) >= 11 is 0. The maximum absolute atomic E-state index is 13.2. The molecule has 7 heteroatoms. The zero-order valence-electron chi connectivity index (χ0n) is 16.8. The average molecular weight is 408 g/mol. The number of rotatable bonds is 4. The number of nitrogens with one attached hydrogen (secondary N) is 1. The summed E-state index contributed by atoms with van der Waals surface area (Å²) in [5, 5.41) is 2.90. The zero-order chi connectivity index (χ0) is 20.7. The number of urea groups is 1.